The molecule has 6 heteroatoms. The Morgan fingerprint density at radius 3 is 1.43 bits per heavy atom. The summed E-state index contributed by atoms with van der Waals surface area (Å²) in [6, 6.07) is -1.40. The van der Waals surface area contributed by atoms with Gasteiger partial charge in [-0.2, -0.15) is 0 Å². The molecule has 0 unspecified atom stereocenters. The molecule has 2 atom stereocenters. The number of carboxylic acids is 2. The molecular formula is C15H26N2O4. The lowest BCUT2D eigenvalue weighted by atomic mass is 10.1. The average molecular weight is 298 g/mol. The quantitative estimate of drug-likeness (QED) is 0.478. The monoisotopic (exact) mass is 298 g/mol. The van der Waals surface area contributed by atoms with Gasteiger partial charge in [-0.15, -0.1) is 0 Å². The Kier molecular flexibility index (Phi) is 9.25. The normalized spacial score (nSPS) is 15.1. The smallest absolute Gasteiger partial charge is 0.328 e. The number of unbranched alkanes of at least 4 members (excludes halogenated alkanes) is 2. The topological polar surface area (TPSA) is 99.3 Å². The molecule has 0 rings (SSSR count). The minimum absolute atomic E-state index is 0.0392. The van der Waals surface area contributed by atoms with Crippen LogP contribution in [0.5, 0.6) is 0 Å². The van der Waals surface area contributed by atoms with E-state index in [1.54, 1.807) is 12.4 Å². The molecule has 0 aliphatic rings. The maximum absolute atomic E-state index is 10.9. The third-order valence-electron chi connectivity index (χ3n) is 2.97. The molecule has 0 saturated carbocycles. The van der Waals surface area contributed by atoms with Gasteiger partial charge in [0.05, 0.1) is 0 Å². The third-order valence-corrected chi connectivity index (χ3v) is 2.97. The Morgan fingerprint density at radius 2 is 1.19 bits per heavy atom. The molecule has 2 N–H and O–H groups in total. The van der Waals surface area contributed by atoms with E-state index in [1.165, 1.54) is 0 Å². The number of carbonyl (C=O) groups is 2. The number of carboxylic acid groups (broad SMARTS) is 2. The first-order chi connectivity index (χ1) is 9.77. The first kappa shape index (κ1) is 19.3. The molecule has 0 aliphatic carbocycles. The van der Waals surface area contributed by atoms with E-state index in [4.69, 9.17) is 10.2 Å². The van der Waals surface area contributed by atoms with Crippen LogP contribution in [0.25, 0.3) is 0 Å². The lowest BCUT2D eigenvalue weighted by Gasteiger charge is -2.10. The summed E-state index contributed by atoms with van der Waals surface area (Å²) in [6.07, 6.45) is 5.33. The van der Waals surface area contributed by atoms with E-state index in [1.807, 2.05) is 27.7 Å². The molecule has 21 heavy (non-hydrogen) atoms. The van der Waals surface area contributed by atoms with Crippen molar-refractivity contribution in [3.63, 3.8) is 0 Å². The second kappa shape index (κ2) is 10.1. The summed E-state index contributed by atoms with van der Waals surface area (Å²) in [5.41, 5.74) is 0. The molecule has 0 aromatic carbocycles. The van der Waals surface area contributed by atoms with Gasteiger partial charge in [0.15, 0.2) is 0 Å². The van der Waals surface area contributed by atoms with E-state index in [0.29, 0.717) is 12.8 Å². The fourth-order valence-electron chi connectivity index (χ4n) is 1.72. The highest BCUT2D eigenvalue weighted by molar-refractivity contribution is 5.77. The summed E-state index contributed by atoms with van der Waals surface area (Å²) in [5.74, 6) is -1.90. The van der Waals surface area contributed by atoms with Crippen LogP contribution in [0.15, 0.2) is 9.98 Å². The number of rotatable bonds is 10. The first-order valence-corrected chi connectivity index (χ1v) is 7.26. The molecule has 0 amide bonds. The van der Waals surface area contributed by atoms with E-state index in [-0.39, 0.29) is 11.8 Å². The van der Waals surface area contributed by atoms with Crippen LogP contribution in [0, 0.1) is 11.8 Å². The van der Waals surface area contributed by atoms with E-state index < -0.39 is 24.0 Å². The van der Waals surface area contributed by atoms with Crippen molar-refractivity contribution in [2.45, 2.75) is 59.0 Å². The molecule has 0 aromatic rings. The molecule has 0 aliphatic heterocycles. The van der Waals surface area contributed by atoms with Crippen molar-refractivity contribution in [1.29, 1.82) is 0 Å². The predicted molar refractivity (Wildman–Crippen MR) is 83.4 cm³/mol. The molecule has 0 spiro atoms. The second-order valence-electron chi connectivity index (χ2n) is 5.65. The molecule has 0 bridgehead atoms. The highest BCUT2D eigenvalue weighted by Crippen LogP contribution is 2.07. The van der Waals surface area contributed by atoms with Crippen molar-refractivity contribution in [1.82, 2.24) is 0 Å². The van der Waals surface area contributed by atoms with E-state index in [0.717, 1.165) is 6.42 Å². The summed E-state index contributed by atoms with van der Waals surface area (Å²) < 4.78 is 0. The zero-order chi connectivity index (χ0) is 16.4. The van der Waals surface area contributed by atoms with E-state index in [2.05, 4.69) is 9.98 Å². The fourth-order valence-corrected chi connectivity index (χ4v) is 1.72. The number of aliphatic imine (C=N–C) groups is 2. The maximum atomic E-state index is 10.9. The van der Waals surface area contributed by atoms with Crippen LogP contribution in [0.2, 0.25) is 0 Å². The Labute approximate surface area is 126 Å². The minimum atomic E-state index is -0.913. The SMILES string of the molecule is CC(C)[C@H](N=CCCCC=N[C@H](C(=O)O)C(C)C)C(=O)O. The summed E-state index contributed by atoms with van der Waals surface area (Å²) in [6.45, 7) is 7.28. The zero-order valence-corrected chi connectivity index (χ0v) is 13.2. The van der Waals surface area contributed by atoms with Crippen molar-refractivity contribution < 1.29 is 19.8 Å². The van der Waals surface area contributed by atoms with Crippen LogP contribution in [0.3, 0.4) is 0 Å². The molecule has 0 fully saturated rings. The second-order valence-corrected chi connectivity index (χ2v) is 5.65. The minimum Gasteiger partial charge on any atom is -0.480 e. The van der Waals surface area contributed by atoms with Crippen LogP contribution in [-0.4, -0.2) is 46.7 Å². The average Bonchev–Trinajstić information content (AvgIpc) is 2.34. The van der Waals surface area contributed by atoms with Gasteiger partial charge in [0.1, 0.15) is 12.1 Å². The van der Waals surface area contributed by atoms with Crippen molar-refractivity contribution >= 4 is 24.4 Å². The third kappa shape index (κ3) is 8.22. The van der Waals surface area contributed by atoms with Crippen LogP contribution in [0.4, 0.5) is 0 Å². The van der Waals surface area contributed by atoms with Gasteiger partial charge in [0.2, 0.25) is 0 Å². The van der Waals surface area contributed by atoms with Gasteiger partial charge in [-0.05, 0) is 43.5 Å². The fraction of sp³-hybridized carbons (Fsp3) is 0.733. The summed E-state index contributed by atoms with van der Waals surface area (Å²) in [4.78, 5) is 29.9. The molecule has 0 heterocycles. The van der Waals surface area contributed by atoms with Gasteiger partial charge >= 0.3 is 11.9 Å². The Balaban J connectivity index is 4.11. The number of hydrogen-bond acceptors (Lipinski definition) is 4. The molecule has 6 nitrogen and oxygen atoms in total. The Hall–Kier alpha value is -1.72. The van der Waals surface area contributed by atoms with Crippen LogP contribution >= 0.6 is 0 Å². The van der Waals surface area contributed by atoms with Gasteiger partial charge in [-0.25, -0.2) is 9.59 Å². The predicted octanol–water partition coefficient (Wildman–Crippen LogP) is 2.52. The highest BCUT2D eigenvalue weighted by atomic mass is 16.4. The lowest BCUT2D eigenvalue weighted by Crippen LogP contribution is -2.24. The number of nitrogens with zero attached hydrogens (tertiary/aromatic N) is 2. The van der Waals surface area contributed by atoms with Crippen molar-refractivity contribution in [2.75, 3.05) is 0 Å². The van der Waals surface area contributed by atoms with Gasteiger partial charge < -0.3 is 10.2 Å². The van der Waals surface area contributed by atoms with Crippen LogP contribution in [-0.2, 0) is 9.59 Å². The van der Waals surface area contributed by atoms with Gasteiger partial charge in [-0.1, -0.05) is 27.7 Å². The van der Waals surface area contributed by atoms with E-state index in [9.17, 15) is 9.59 Å². The first-order valence-electron chi connectivity index (χ1n) is 7.26. The van der Waals surface area contributed by atoms with Gasteiger partial charge in [0, 0.05) is 0 Å². The van der Waals surface area contributed by atoms with Crippen LogP contribution in [0.1, 0.15) is 47.0 Å². The summed E-state index contributed by atoms with van der Waals surface area (Å²) in [7, 11) is 0. The molecule has 120 valence electrons. The number of hydrogen-bond donors (Lipinski definition) is 2. The lowest BCUT2D eigenvalue weighted by molar-refractivity contribution is -0.140. The van der Waals surface area contributed by atoms with Gasteiger partial charge in [-0.3, -0.25) is 9.98 Å². The van der Waals surface area contributed by atoms with Gasteiger partial charge in [0.25, 0.3) is 0 Å². The molecule has 0 aromatic heterocycles. The van der Waals surface area contributed by atoms with Crippen molar-refractivity contribution in [3.05, 3.63) is 0 Å². The van der Waals surface area contributed by atoms with E-state index >= 15 is 0 Å². The summed E-state index contributed by atoms with van der Waals surface area (Å²) in [5, 5.41) is 17.9. The largest absolute Gasteiger partial charge is 0.480 e. The highest BCUT2D eigenvalue weighted by Gasteiger charge is 2.19. The van der Waals surface area contributed by atoms with Crippen molar-refractivity contribution in [2.24, 2.45) is 21.8 Å². The Morgan fingerprint density at radius 1 is 0.857 bits per heavy atom. The number of aliphatic carboxylic acids is 2. The standard InChI is InChI=1S/C15H26N2O4/c1-10(2)12(14(18)19)16-8-6-5-7-9-17-13(11(3)4)15(20)21/h8-13H,5-7H2,1-4H3,(H,18,19)(H,20,21)/t12-,13-/m0/s1. The van der Waals surface area contributed by atoms with Crippen LogP contribution < -0.4 is 0 Å². The molecular weight excluding hydrogens is 272 g/mol. The zero-order valence-electron chi connectivity index (χ0n) is 13.2. The maximum Gasteiger partial charge on any atom is 0.328 e. The molecule has 0 saturated heterocycles. The summed E-state index contributed by atoms with van der Waals surface area (Å²) >= 11 is 0. The Bertz CT molecular complexity index is 353. The van der Waals surface area contributed by atoms with Crippen molar-refractivity contribution in [3.8, 4) is 0 Å². The molecule has 0 radical (unpaired) electrons.